The molecule has 0 radical (unpaired) electrons. The molecule has 0 saturated carbocycles. The summed E-state index contributed by atoms with van der Waals surface area (Å²) in [5.74, 6) is 0.599. The van der Waals surface area contributed by atoms with Gasteiger partial charge in [-0.25, -0.2) is 4.39 Å². The van der Waals surface area contributed by atoms with Gasteiger partial charge in [0.05, 0.1) is 24.6 Å². The van der Waals surface area contributed by atoms with Crippen molar-refractivity contribution in [2.24, 2.45) is 0 Å². The summed E-state index contributed by atoms with van der Waals surface area (Å²) in [7, 11) is 3.04. The van der Waals surface area contributed by atoms with Crippen LogP contribution in [0.2, 0.25) is 5.02 Å². The summed E-state index contributed by atoms with van der Waals surface area (Å²) in [6, 6.07) is 16.3. The van der Waals surface area contributed by atoms with Gasteiger partial charge in [0.25, 0.3) is 0 Å². The maximum Gasteiger partial charge on any atom is 0.235 e. The Hall–Kier alpha value is -3.51. The minimum Gasteiger partial charge on any atom is -0.493 e. The number of ether oxygens (including phenoxy) is 3. The standard InChI is InChI=1S/C24H18ClFO5/c1-28-20-11-10-14(12-21(20)29-2)23-24(22(27)15-6-3-4-9-19(15)31-23)30-13-16-17(25)7-5-8-18(16)26/h3-12H,13H2,1-2H3. The third-order valence-corrected chi connectivity index (χ3v) is 5.18. The van der Waals surface area contributed by atoms with E-state index in [1.165, 1.54) is 26.4 Å². The molecule has 7 heteroatoms. The summed E-state index contributed by atoms with van der Waals surface area (Å²) in [6.45, 7) is -0.241. The molecule has 0 atom stereocenters. The molecule has 0 fully saturated rings. The first-order valence-corrected chi connectivity index (χ1v) is 9.75. The lowest BCUT2D eigenvalue weighted by Gasteiger charge is -2.14. The number of fused-ring (bicyclic) bond motifs is 1. The van der Waals surface area contributed by atoms with Gasteiger partial charge in [-0.2, -0.15) is 0 Å². The van der Waals surface area contributed by atoms with Crippen molar-refractivity contribution < 1.29 is 23.0 Å². The van der Waals surface area contributed by atoms with Crippen LogP contribution in [-0.2, 0) is 6.61 Å². The Morgan fingerprint density at radius 3 is 2.48 bits per heavy atom. The van der Waals surface area contributed by atoms with Gasteiger partial charge in [0.1, 0.15) is 18.0 Å². The van der Waals surface area contributed by atoms with Gasteiger partial charge in [-0.15, -0.1) is 0 Å². The lowest BCUT2D eigenvalue weighted by molar-refractivity contribution is 0.292. The molecule has 0 aliphatic rings. The number of rotatable bonds is 6. The normalized spacial score (nSPS) is 10.8. The topological polar surface area (TPSA) is 57.9 Å². The van der Waals surface area contributed by atoms with Crippen molar-refractivity contribution in [3.63, 3.8) is 0 Å². The molecule has 0 amide bonds. The molecule has 1 heterocycles. The predicted molar refractivity (Wildman–Crippen MR) is 117 cm³/mol. The molecular formula is C24H18ClFO5. The van der Waals surface area contributed by atoms with Gasteiger partial charge in [-0.3, -0.25) is 4.79 Å². The Bertz CT molecular complexity index is 1300. The van der Waals surface area contributed by atoms with Crippen molar-refractivity contribution in [1.82, 2.24) is 0 Å². The summed E-state index contributed by atoms with van der Waals surface area (Å²) in [4.78, 5) is 13.2. The van der Waals surface area contributed by atoms with Gasteiger partial charge in [0.15, 0.2) is 17.3 Å². The van der Waals surface area contributed by atoms with Crippen LogP contribution in [0, 0.1) is 5.82 Å². The SMILES string of the molecule is COc1ccc(-c2oc3ccccc3c(=O)c2OCc2c(F)cccc2Cl)cc1OC. The van der Waals surface area contributed by atoms with Crippen LogP contribution in [0.3, 0.4) is 0 Å². The Morgan fingerprint density at radius 2 is 1.74 bits per heavy atom. The zero-order valence-corrected chi connectivity index (χ0v) is 17.5. The lowest BCUT2D eigenvalue weighted by Crippen LogP contribution is -2.11. The molecule has 5 nitrogen and oxygen atoms in total. The molecule has 0 saturated heterocycles. The van der Waals surface area contributed by atoms with Gasteiger partial charge < -0.3 is 18.6 Å². The molecule has 4 rings (SSSR count). The van der Waals surface area contributed by atoms with Crippen LogP contribution in [0.15, 0.2) is 69.9 Å². The van der Waals surface area contributed by atoms with Crippen LogP contribution in [0.1, 0.15) is 5.56 Å². The van der Waals surface area contributed by atoms with E-state index < -0.39 is 5.82 Å². The van der Waals surface area contributed by atoms with Crippen molar-refractivity contribution in [3.05, 3.63) is 87.3 Å². The summed E-state index contributed by atoms with van der Waals surface area (Å²) < 4.78 is 36.7. The second-order valence-electron chi connectivity index (χ2n) is 6.64. The molecule has 3 aromatic carbocycles. The van der Waals surface area contributed by atoms with E-state index in [1.54, 1.807) is 48.5 Å². The molecule has 0 bridgehead atoms. The van der Waals surface area contributed by atoms with E-state index >= 15 is 0 Å². The molecular weight excluding hydrogens is 423 g/mol. The minimum absolute atomic E-state index is 0.0507. The van der Waals surface area contributed by atoms with Crippen LogP contribution in [0.25, 0.3) is 22.3 Å². The Morgan fingerprint density at radius 1 is 0.968 bits per heavy atom. The fourth-order valence-electron chi connectivity index (χ4n) is 3.24. The van der Waals surface area contributed by atoms with Crippen LogP contribution >= 0.6 is 11.6 Å². The average Bonchev–Trinajstić information content (AvgIpc) is 2.79. The smallest absolute Gasteiger partial charge is 0.235 e. The van der Waals surface area contributed by atoms with Crippen LogP contribution in [-0.4, -0.2) is 14.2 Å². The molecule has 0 N–H and O–H groups in total. The first kappa shape index (κ1) is 20.8. The number of para-hydroxylation sites is 1. The molecule has 0 spiro atoms. The highest BCUT2D eigenvalue weighted by molar-refractivity contribution is 6.31. The fraction of sp³-hybridized carbons (Fsp3) is 0.125. The van der Waals surface area contributed by atoms with Gasteiger partial charge in [0.2, 0.25) is 11.2 Å². The molecule has 1 aromatic heterocycles. The van der Waals surface area contributed by atoms with E-state index in [4.69, 9.17) is 30.2 Å². The Kier molecular flexibility index (Phi) is 5.82. The van der Waals surface area contributed by atoms with Gasteiger partial charge in [-0.05, 0) is 42.5 Å². The first-order chi connectivity index (χ1) is 15.0. The summed E-state index contributed by atoms with van der Waals surface area (Å²) in [5.41, 5.74) is 0.706. The average molecular weight is 441 g/mol. The van der Waals surface area contributed by atoms with E-state index in [0.29, 0.717) is 28.0 Å². The summed E-state index contributed by atoms with van der Waals surface area (Å²) in [5, 5.41) is 0.555. The molecule has 0 aliphatic heterocycles. The van der Waals surface area contributed by atoms with E-state index in [2.05, 4.69) is 0 Å². The molecule has 158 valence electrons. The van der Waals surface area contributed by atoms with Crippen molar-refractivity contribution in [2.75, 3.05) is 14.2 Å². The van der Waals surface area contributed by atoms with Crippen LogP contribution < -0.4 is 19.6 Å². The first-order valence-electron chi connectivity index (χ1n) is 9.37. The number of benzene rings is 3. The Balaban J connectivity index is 1.87. The molecule has 0 aliphatic carbocycles. The third kappa shape index (κ3) is 3.94. The molecule has 4 aromatic rings. The third-order valence-electron chi connectivity index (χ3n) is 4.82. The number of methoxy groups -OCH3 is 2. The number of halogens is 2. The van der Waals surface area contributed by atoms with E-state index in [0.717, 1.165) is 0 Å². The molecule has 31 heavy (non-hydrogen) atoms. The summed E-state index contributed by atoms with van der Waals surface area (Å²) in [6.07, 6.45) is 0. The van der Waals surface area contributed by atoms with Crippen LogP contribution in [0.5, 0.6) is 17.2 Å². The number of hydrogen-bond donors (Lipinski definition) is 0. The van der Waals surface area contributed by atoms with Crippen molar-refractivity contribution in [3.8, 4) is 28.6 Å². The van der Waals surface area contributed by atoms with E-state index in [9.17, 15) is 9.18 Å². The maximum absolute atomic E-state index is 14.2. The largest absolute Gasteiger partial charge is 0.493 e. The van der Waals surface area contributed by atoms with Gasteiger partial charge >= 0.3 is 0 Å². The fourth-order valence-corrected chi connectivity index (χ4v) is 3.46. The minimum atomic E-state index is -0.523. The highest BCUT2D eigenvalue weighted by atomic mass is 35.5. The van der Waals surface area contributed by atoms with Crippen molar-refractivity contribution in [1.29, 1.82) is 0 Å². The lowest BCUT2D eigenvalue weighted by atomic mass is 10.1. The maximum atomic E-state index is 14.2. The zero-order chi connectivity index (χ0) is 22.0. The second kappa shape index (κ2) is 8.70. The quantitative estimate of drug-likeness (QED) is 0.376. The molecule has 0 unspecified atom stereocenters. The van der Waals surface area contributed by atoms with E-state index in [1.807, 2.05) is 0 Å². The van der Waals surface area contributed by atoms with Gasteiger partial charge in [0, 0.05) is 11.1 Å². The predicted octanol–water partition coefficient (Wildman–Crippen LogP) is 5.85. The highest BCUT2D eigenvalue weighted by Gasteiger charge is 2.20. The highest BCUT2D eigenvalue weighted by Crippen LogP contribution is 2.37. The van der Waals surface area contributed by atoms with Crippen molar-refractivity contribution in [2.45, 2.75) is 6.61 Å². The monoisotopic (exact) mass is 440 g/mol. The Labute approximate surface area is 182 Å². The second-order valence-corrected chi connectivity index (χ2v) is 7.05. The number of hydrogen-bond acceptors (Lipinski definition) is 5. The van der Waals surface area contributed by atoms with Crippen LogP contribution in [0.4, 0.5) is 4.39 Å². The zero-order valence-electron chi connectivity index (χ0n) is 16.8. The van der Waals surface area contributed by atoms with Gasteiger partial charge in [-0.1, -0.05) is 29.8 Å². The van der Waals surface area contributed by atoms with E-state index in [-0.39, 0.29) is 34.1 Å². The summed E-state index contributed by atoms with van der Waals surface area (Å²) >= 11 is 6.11. The van der Waals surface area contributed by atoms with Crippen molar-refractivity contribution >= 4 is 22.6 Å².